The molecule has 2 aromatic carbocycles. The van der Waals surface area contributed by atoms with Crippen LogP contribution in [-0.2, 0) is 6.54 Å². The van der Waals surface area contributed by atoms with Gasteiger partial charge in [0.25, 0.3) is 5.69 Å². The van der Waals surface area contributed by atoms with Crippen LogP contribution in [0.4, 0.5) is 10.8 Å². The Labute approximate surface area is 153 Å². The van der Waals surface area contributed by atoms with Crippen LogP contribution in [-0.4, -0.2) is 26.0 Å². The zero-order valence-corrected chi connectivity index (χ0v) is 15.0. The molecule has 26 heavy (non-hydrogen) atoms. The van der Waals surface area contributed by atoms with Crippen LogP contribution < -0.4 is 5.32 Å². The van der Waals surface area contributed by atoms with Gasteiger partial charge in [-0.05, 0) is 31.5 Å². The lowest BCUT2D eigenvalue weighted by atomic mass is 10.3. The Balaban J connectivity index is 1.41. The molecule has 0 aliphatic rings. The van der Waals surface area contributed by atoms with E-state index in [1.807, 2.05) is 25.1 Å². The van der Waals surface area contributed by atoms with Crippen LogP contribution in [0.2, 0.25) is 0 Å². The van der Waals surface area contributed by atoms with Gasteiger partial charge in [0.2, 0.25) is 0 Å². The Bertz CT molecular complexity index is 1100. The Morgan fingerprint density at radius 1 is 1.19 bits per heavy atom. The molecule has 0 spiro atoms. The molecule has 0 atom stereocenters. The van der Waals surface area contributed by atoms with Gasteiger partial charge in [-0.25, -0.2) is 9.97 Å². The molecule has 4 aromatic rings. The van der Waals surface area contributed by atoms with Crippen molar-refractivity contribution in [1.82, 2.24) is 14.5 Å². The van der Waals surface area contributed by atoms with E-state index in [2.05, 4.69) is 25.9 Å². The van der Waals surface area contributed by atoms with Gasteiger partial charge >= 0.3 is 0 Å². The largest absolute Gasteiger partial charge is 0.361 e. The highest BCUT2D eigenvalue weighted by molar-refractivity contribution is 7.22. The van der Waals surface area contributed by atoms with Crippen LogP contribution in [0.5, 0.6) is 0 Å². The van der Waals surface area contributed by atoms with E-state index in [9.17, 15) is 10.1 Å². The normalized spacial score (nSPS) is 11.3. The zero-order valence-electron chi connectivity index (χ0n) is 14.2. The number of aryl methyl sites for hydroxylation is 2. The number of aromatic nitrogens is 3. The number of nitro benzene ring substituents is 1. The minimum Gasteiger partial charge on any atom is -0.361 e. The van der Waals surface area contributed by atoms with Crippen molar-refractivity contribution in [3.05, 3.63) is 58.4 Å². The van der Waals surface area contributed by atoms with E-state index in [1.54, 1.807) is 12.1 Å². The minimum atomic E-state index is -0.385. The predicted molar refractivity (Wildman–Crippen MR) is 104 cm³/mol. The molecule has 0 unspecified atom stereocenters. The second-order valence-corrected chi connectivity index (χ2v) is 7.04. The summed E-state index contributed by atoms with van der Waals surface area (Å²) in [5, 5.41) is 15.0. The molecule has 8 heteroatoms. The summed E-state index contributed by atoms with van der Waals surface area (Å²) in [6.45, 7) is 3.66. The van der Waals surface area contributed by atoms with E-state index in [0.717, 1.165) is 51.7 Å². The molecule has 1 N–H and O–H groups in total. The molecule has 0 amide bonds. The average Bonchev–Trinajstić information content (AvgIpc) is 3.18. The van der Waals surface area contributed by atoms with E-state index >= 15 is 0 Å². The summed E-state index contributed by atoms with van der Waals surface area (Å²) in [4.78, 5) is 19.5. The molecule has 7 nitrogen and oxygen atoms in total. The maximum atomic E-state index is 10.9. The van der Waals surface area contributed by atoms with Gasteiger partial charge in [0, 0.05) is 25.2 Å². The molecular weight excluding hydrogens is 350 g/mol. The third kappa shape index (κ3) is 3.11. The van der Waals surface area contributed by atoms with Gasteiger partial charge in [-0.1, -0.05) is 23.5 Å². The molecule has 2 heterocycles. The fourth-order valence-electron chi connectivity index (χ4n) is 3.01. The first-order valence-electron chi connectivity index (χ1n) is 8.32. The van der Waals surface area contributed by atoms with Crippen molar-refractivity contribution in [2.75, 3.05) is 11.9 Å². The fraction of sp³-hybridized carbons (Fsp3) is 0.222. The quantitative estimate of drug-likeness (QED) is 0.311. The number of para-hydroxylation sites is 2. The summed E-state index contributed by atoms with van der Waals surface area (Å²) in [6.07, 6.45) is 0.928. The lowest BCUT2D eigenvalue weighted by Gasteiger charge is -2.07. The number of non-ortho nitro benzene ring substituents is 1. The molecule has 0 aliphatic heterocycles. The Kier molecular flexibility index (Phi) is 4.26. The number of benzene rings is 2. The third-order valence-electron chi connectivity index (χ3n) is 4.26. The summed E-state index contributed by atoms with van der Waals surface area (Å²) in [7, 11) is 0. The number of rotatable bonds is 6. The Morgan fingerprint density at radius 3 is 2.88 bits per heavy atom. The van der Waals surface area contributed by atoms with Crippen LogP contribution in [0.25, 0.3) is 21.3 Å². The summed E-state index contributed by atoms with van der Waals surface area (Å²) < 4.78 is 3.04. The van der Waals surface area contributed by atoms with Gasteiger partial charge in [0.15, 0.2) is 5.13 Å². The van der Waals surface area contributed by atoms with Crippen LogP contribution in [0.1, 0.15) is 12.2 Å². The van der Waals surface area contributed by atoms with E-state index in [4.69, 9.17) is 0 Å². The predicted octanol–water partition coefficient (Wildman–Crippen LogP) is 4.36. The molecule has 0 aliphatic carbocycles. The Morgan fingerprint density at radius 2 is 2.04 bits per heavy atom. The van der Waals surface area contributed by atoms with E-state index in [1.165, 1.54) is 17.4 Å². The van der Waals surface area contributed by atoms with Gasteiger partial charge in [0.05, 0.1) is 26.2 Å². The highest BCUT2D eigenvalue weighted by atomic mass is 32.1. The molecule has 4 rings (SSSR count). The number of hydrogen-bond acceptors (Lipinski definition) is 6. The molecule has 0 saturated heterocycles. The molecular formula is C18H17N5O2S. The minimum absolute atomic E-state index is 0.0927. The van der Waals surface area contributed by atoms with Gasteiger partial charge in [-0.3, -0.25) is 10.1 Å². The molecule has 2 aromatic heterocycles. The summed E-state index contributed by atoms with van der Waals surface area (Å²) in [5.41, 5.74) is 3.04. The van der Waals surface area contributed by atoms with E-state index < -0.39 is 0 Å². The van der Waals surface area contributed by atoms with Crippen LogP contribution in [0.15, 0.2) is 42.5 Å². The van der Waals surface area contributed by atoms with Crippen molar-refractivity contribution in [2.24, 2.45) is 0 Å². The number of anilines is 1. The van der Waals surface area contributed by atoms with Crippen molar-refractivity contribution in [3.8, 4) is 0 Å². The molecule has 0 fully saturated rings. The van der Waals surface area contributed by atoms with Crippen molar-refractivity contribution in [2.45, 2.75) is 19.9 Å². The number of nitro groups is 1. The zero-order chi connectivity index (χ0) is 18.1. The van der Waals surface area contributed by atoms with Gasteiger partial charge in [-0.15, -0.1) is 0 Å². The lowest BCUT2D eigenvalue weighted by molar-refractivity contribution is -0.384. The first-order chi connectivity index (χ1) is 12.6. The highest BCUT2D eigenvalue weighted by Gasteiger charge is 2.10. The van der Waals surface area contributed by atoms with Crippen molar-refractivity contribution < 1.29 is 4.92 Å². The summed E-state index contributed by atoms with van der Waals surface area (Å²) >= 11 is 1.44. The summed E-state index contributed by atoms with van der Waals surface area (Å²) in [5.74, 6) is 1.01. The first-order valence-corrected chi connectivity index (χ1v) is 9.14. The lowest BCUT2D eigenvalue weighted by Crippen LogP contribution is -2.07. The monoisotopic (exact) mass is 367 g/mol. The average molecular weight is 367 g/mol. The number of nitrogens with zero attached hydrogens (tertiary/aromatic N) is 4. The van der Waals surface area contributed by atoms with Crippen molar-refractivity contribution in [1.29, 1.82) is 0 Å². The number of thiazole rings is 1. The van der Waals surface area contributed by atoms with Crippen molar-refractivity contribution >= 4 is 43.4 Å². The van der Waals surface area contributed by atoms with Crippen molar-refractivity contribution in [3.63, 3.8) is 0 Å². The fourth-order valence-corrected chi connectivity index (χ4v) is 3.94. The second kappa shape index (κ2) is 6.72. The Hall–Kier alpha value is -3.00. The van der Waals surface area contributed by atoms with Crippen LogP contribution >= 0.6 is 11.3 Å². The van der Waals surface area contributed by atoms with Gasteiger partial charge < -0.3 is 9.88 Å². The van der Waals surface area contributed by atoms with Crippen LogP contribution in [0, 0.1) is 17.0 Å². The molecule has 0 radical (unpaired) electrons. The van der Waals surface area contributed by atoms with Gasteiger partial charge in [-0.2, -0.15) is 0 Å². The molecule has 0 bridgehead atoms. The third-order valence-corrected chi connectivity index (χ3v) is 5.24. The van der Waals surface area contributed by atoms with Gasteiger partial charge in [0.1, 0.15) is 5.82 Å². The number of fused-ring (bicyclic) bond motifs is 2. The maximum Gasteiger partial charge on any atom is 0.270 e. The summed E-state index contributed by atoms with van der Waals surface area (Å²) in [6, 6.07) is 12.9. The topological polar surface area (TPSA) is 85.9 Å². The first kappa shape index (κ1) is 16.5. The maximum absolute atomic E-state index is 10.9. The SMILES string of the molecule is Cc1nc2ccccc2n1CCCNc1nc2ccc([N+](=O)[O-])cc2s1. The number of nitrogens with one attached hydrogen (secondary N) is 1. The molecule has 0 saturated carbocycles. The van der Waals surface area contributed by atoms with Crippen LogP contribution in [0.3, 0.4) is 0 Å². The number of imidazole rings is 1. The smallest absolute Gasteiger partial charge is 0.270 e. The van der Waals surface area contributed by atoms with E-state index in [0.29, 0.717) is 0 Å². The van der Waals surface area contributed by atoms with E-state index in [-0.39, 0.29) is 10.6 Å². The second-order valence-electron chi connectivity index (χ2n) is 6.01. The highest BCUT2D eigenvalue weighted by Crippen LogP contribution is 2.29. The standard InChI is InChI=1S/C18H17N5O2S/c1-12-20-14-5-2-3-6-16(14)22(12)10-4-9-19-18-21-15-8-7-13(23(24)25)11-17(15)26-18/h2-3,5-8,11H,4,9-10H2,1H3,(H,19,21). The molecule has 132 valence electrons. The number of hydrogen-bond donors (Lipinski definition) is 1.